The molecule has 0 spiro atoms. The Kier molecular flexibility index (Phi) is 4.40. The summed E-state index contributed by atoms with van der Waals surface area (Å²) in [5.74, 6) is 0.615. The SMILES string of the molecule is Cn1c(-c2ccccc2)nc2c1nc(C=C1C(=O)c3cc4ccccc4cc3C1=O)n2-c1nccs1. The number of hydrogen-bond donors (Lipinski definition) is 0. The molecule has 3 aromatic carbocycles. The molecule has 0 fully saturated rings. The predicted molar refractivity (Wildman–Crippen MR) is 140 cm³/mol. The van der Waals surface area contributed by atoms with Crippen molar-refractivity contribution >= 4 is 51.0 Å². The molecule has 0 unspecified atom stereocenters. The molecule has 6 aromatic rings. The molecule has 0 N–H and O–H groups in total. The molecule has 7 nitrogen and oxygen atoms in total. The van der Waals surface area contributed by atoms with E-state index in [0.29, 0.717) is 33.4 Å². The fraction of sp³-hybridized carbons (Fsp3) is 0.0357. The van der Waals surface area contributed by atoms with E-state index in [1.807, 2.05) is 71.6 Å². The topological polar surface area (TPSA) is 82.7 Å². The molecule has 36 heavy (non-hydrogen) atoms. The third-order valence-electron chi connectivity index (χ3n) is 6.49. The average Bonchev–Trinajstić information content (AvgIpc) is 3.66. The Morgan fingerprint density at radius 2 is 1.50 bits per heavy atom. The van der Waals surface area contributed by atoms with Crippen molar-refractivity contribution < 1.29 is 9.59 Å². The van der Waals surface area contributed by atoms with E-state index in [1.165, 1.54) is 11.3 Å². The average molecular weight is 488 g/mol. The lowest BCUT2D eigenvalue weighted by molar-refractivity contribution is 0.0990. The van der Waals surface area contributed by atoms with E-state index in [0.717, 1.165) is 22.2 Å². The van der Waals surface area contributed by atoms with Crippen molar-refractivity contribution in [1.29, 1.82) is 0 Å². The normalized spacial score (nSPS) is 13.2. The Balaban J connectivity index is 1.42. The maximum atomic E-state index is 13.4. The predicted octanol–water partition coefficient (Wildman–Crippen LogP) is 5.50. The van der Waals surface area contributed by atoms with Gasteiger partial charge in [-0.1, -0.05) is 54.6 Å². The first-order valence-electron chi connectivity index (χ1n) is 11.3. The Labute approximate surface area is 209 Å². The highest BCUT2D eigenvalue weighted by atomic mass is 32.1. The van der Waals surface area contributed by atoms with E-state index < -0.39 is 0 Å². The third-order valence-corrected chi connectivity index (χ3v) is 7.25. The molecule has 0 bridgehead atoms. The zero-order valence-corrected chi connectivity index (χ0v) is 19.9. The van der Waals surface area contributed by atoms with Gasteiger partial charge in [-0.2, -0.15) is 0 Å². The van der Waals surface area contributed by atoms with E-state index >= 15 is 0 Å². The smallest absolute Gasteiger partial charge is 0.197 e. The summed E-state index contributed by atoms with van der Waals surface area (Å²) < 4.78 is 3.72. The van der Waals surface area contributed by atoms with Gasteiger partial charge in [-0.25, -0.2) is 15.0 Å². The number of rotatable bonds is 3. The van der Waals surface area contributed by atoms with Crippen LogP contribution in [-0.4, -0.2) is 35.7 Å². The van der Waals surface area contributed by atoms with Crippen molar-refractivity contribution in [3.05, 3.63) is 101 Å². The number of hydrogen-bond acceptors (Lipinski definition) is 6. The minimum atomic E-state index is -0.295. The molecule has 7 rings (SSSR count). The number of aromatic nitrogens is 5. The molecule has 0 amide bonds. The van der Waals surface area contributed by atoms with Crippen LogP contribution in [0, 0.1) is 0 Å². The number of aryl methyl sites for hydroxylation is 1. The molecule has 172 valence electrons. The fourth-order valence-electron chi connectivity index (χ4n) is 4.74. The summed E-state index contributed by atoms with van der Waals surface area (Å²) >= 11 is 1.43. The van der Waals surface area contributed by atoms with E-state index in [2.05, 4.69) is 4.98 Å². The first-order valence-corrected chi connectivity index (χ1v) is 12.2. The fourth-order valence-corrected chi connectivity index (χ4v) is 5.39. The van der Waals surface area contributed by atoms with Crippen molar-refractivity contribution in [2.24, 2.45) is 7.05 Å². The summed E-state index contributed by atoms with van der Waals surface area (Å²) in [7, 11) is 1.90. The molecule has 0 radical (unpaired) electrons. The van der Waals surface area contributed by atoms with Gasteiger partial charge < -0.3 is 4.57 Å². The zero-order chi connectivity index (χ0) is 24.4. The Morgan fingerprint density at radius 1 is 0.833 bits per heavy atom. The molecule has 8 heteroatoms. The van der Waals surface area contributed by atoms with Gasteiger partial charge in [0.25, 0.3) is 0 Å². The molecule has 3 heterocycles. The largest absolute Gasteiger partial charge is 0.310 e. The number of nitrogens with zero attached hydrogens (tertiary/aromatic N) is 5. The van der Waals surface area contributed by atoms with Crippen LogP contribution >= 0.6 is 11.3 Å². The molecule has 1 aliphatic rings. The molecular weight excluding hydrogens is 470 g/mol. The van der Waals surface area contributed by atoms with Gasteiger partial charge in [0.2, 0.25) is 0 Å². The van der Waals surface area contributed by atoms with E-state index in [9.17, 15) is 9.59 Å². The van der Waals surface area contributed by atoms with Crippen LogP contribution in [0.4, 0.5) is 0 Å². The van der Waals surface area contributed by atoms with Gasteiger partial charge in [-0.15, -0.1) is 11.3 Å². The number of benzene rings is 3. The van der Waals surface area contributed by atoms with E-state index in [4.69, 9.17) is 9.97 Å². The third kappa shape index (κ3) is 2.95. The minimum absolute atomic E-state index is 0.0942. The summed E-state index contributed by atoms with van der Waals surface area (Å²) in [5, 5.41) is 4.37. The Morgan fingerprint density at radius 3 is 2.14 bits per heavy atom. The number of carbonyl (C=O) groups is 2. The molecule has 0 aliphatic heterocycles. The molecular formula is C28H17N5O2S. The van der Waals surface area contributed by atoms with Gasteiger partial charge >= 0.3 is 0 Å². The summed E-state index contributed by atoms with van der Waals surface area (Å²) in [6, 6.07) is 21.2. The second-order valence-electron chi connectivity index (χ2n) is 8.59. The van der Waals surface area contributed by atoms with Gasteiger partial charge in [-0.05, 0) is 29.0 Å². The lowest BCUT2D eigenvalue weighted by Gasteiger charge is -2.03. The molecule has 0 atom stereocenters. The molecule has 3 aromatic heterocycles. The maximum Gasteiger partial charge on any atom is 0.197 e. The van der Waals surface area contributed by atoms with Crippen LogP contribution in [0.15, 0.2) is 83.9 Å². The van der Waals surface area contributed by atoms with Crippen molar-refractivity contribution in [2.45, 2.75) is 0 Å². The highest BCUT2D eigenvalue weighted by molar-refractivity contribution is 7.12. The number of imidazole rings is 2. The van der Waals surface area contributed by atoms with Crippen LogP contribution in [0.1, 0.15) is 26.5 Å². The quantitative estimate of drug-likeness (QED) is 0.243. The maximum absolute atomic E-state index is 13.4. The minimum Gasteiger partial charge on any atom is -0.310 e. The summed E-state index contributed by atoms with van der Waals surface area (Å²) in [6.45, 7) is 0. The van der Waals surface area contributed by atoms with Crippen LogP contribution in [0.3, 0.4) is 0 Å². The van der Waals surface area contributed by atoms with Crippen molar-refractivity contribution in [1.82, 2.24) is 24.1 Å². The van der Waals surface area contributed by atoms with Gasteiger partial charge in [0, 0.05) is 35.3 Å². The van der Waals surface area contributed by atoms with Gasteiger partial charge in [0.15, 0.2) is 28.0 Å². The number of allylic oxidation sites excluding steroid dienone is 1. The highest BCUT2D eigenvalue weighted by Crippen LogP contribution is 2.33. The van der Waals surface area contributed by atoms with Crippen molar-refractivity contribution in [2.75, 3.05) is 0 Å². The van der Waals surface area contributed by atoms with Gasteiger partial charge in [0.1, 0.15) is 11.6 Å². The van der Waals surface area contributed by atoms with Crippen molar-refractivity contribution in [3.8, 4) is 16.5 Å². The van der Waals surface area contributed by atoms with Crippen LogP contribution < -0.4 is 0 Å². The van der Waals surface area contributed by atoms with Crippen molar-refractivity contribution in [3.63, 3.8) is 0 Å². The Bertz CT molecular complexity index is 1820. The lowest BCUT2D eigenvalue weighted by atomic mass is 10.0. The number of thiazole rings is 1. The zero-order valence-electron chi connectivity index (χ0n) is 19.0. The van der Waals surface area contributed by atoms with Gasteiger partial charge in [-0.3, -0.25) is 14.2 Å². The van der Waals surface area contributed by atoms with Crippen LogP contribution in [-0.2, 0) is 7.05 Å². The first-order chi connectivity index (χ1) is 17.6. The highest BCUT2D eigenvalue weighted by Gasteiger charge is 2.34. The summed E-state index contributed by atoms with van der Waals surface area (Å²) in [6.07, 6.45) is 3.28. The monoisotopic (exact) mass is 487 g/mol. The standard InChI is InChI=1S/C28H17N5O2S/c1-32-25(16-7-3-2-4-8-16)31-27-26(32)30-22(33(27)28-29-11-12-36-28)15-21-23(34)19-13-17-9-5-6-10-18(17)14-20(19)24(21)35/h2-15H,1H3. The molecule has 1 aliphatic carbocycles. The number of ketones is 2. The van der Waals surface area contributed by atoms with Crippen LogP contribution in [0.25, 0.3) is 44.7 Å². The molecule has 0 saturated carbocycles. The number of Topliss-reactive ketones (excluding diaryl/α,β-unsaturated/α-hetero) is 2. The molecule has 0 saturated heterocycles. The van der Waals surface area contributed by atoms with Crippen LogP contribution in [0.2, 0.25) is 0 Å². The Hall–Kier alpha value is -4.69. The second-order valence-corrected chi connectivity index (χ2v) is 9.46. The summed E-state index contributed by atoms with van der Waals surface area (Å²) in [5.41, 5.74) is 3.15. The lowest BCUT2D eigenvalue weighted by Crippen LogP contribution is -2.04. The number of fused-ring (bicyclic) bond motifs is 3. The second kappa shape index (κ2) is 7.66. The van der Waals surface area contributed by atoms with Gasteiger partial charge in [0.05, 0.1) is 5.57 Å². The number of carbonyl (C=O) groups excluding carboxylic acids is 2. The van der Waals surface area contributed by atoms with Crippen LogP contribution in [0.5, 0.6) is 0 Å². The summed E-state index contributed by atoms with van der Waals surface area (Å²) in [4.78, 5) is 40.9. The first kappa shape index (κ1) is 20.7. The van der Waals surface area contributed by atoms with E-state index in [-0.39, 0.29) is 17.1 Å². The van der Waals surface area contributed by atoms with E-state index in [1.54, 1.807) is 29.0 Å².